The summed E-state index contributed by atoms with van der Waals surface area (Å²) < 4.78 is 0. The molecule has 0 saturated carbocycles. The number of aromatic nitrogens is 2. The lowest BCUT2D eigenvalue weighted by Gasteiger charge is -1.96. The van der Waals surface area contributed by atoms with Crippen LogP contribution in [0.2, 0.25) is 0 Å². The van der Waals surface area contributed by atoms with E-state index in [1.165, 1.54) is 0 Å². The molecule has 0 saturated heterocycles. The van der Waals surface area contributed by atoms with Crippen LogP contribution in [0.15, 0.2) is 4.79 Å². The highest BCUT2D eigenvalue weighted by Gasteiger charge is 2.04. The van der Waals surface area contributed by atoms with Crippen molar-refractivity contribution in [2.24, 2.45) is 0 Å². The Morgan fingerprint density at radius 1 is 1.55 bits per heavy atom. The molecule has 1 rings (SSSR count). The number of nitrogens with one attached hydrogen (secondary N) is 1. The van der Waals surface area contributed by atoms with E-state index >= 15 is 0 Å². The van der Waals surface area contributed by atoms with Gasteiger partial charge in [0, 0.05) is 0 Å². The van der Waals surface area contributed by atoms with Gasteiger partial charge in [-0.1, -0.05) is 0 Å². The van der Waals surface area contributed by atoms with Crippen LogP contribution in [0.3, 0.4) is 0 Å². The molecule has 11 heavy (non-hydrogen) atoms. The third kappa shape index (κ3) is 1.13. The monoisotopic (exact) mass is 149 g/mol. The molecule has 0 bridgehead atoms. The summed E-state index contributed by atoms with van der Waals surface area (Å²) in [5, 5.41) is 14.5. The second-order valence-corrected chi connectivity index (χ2v) is 2.25. The lowest BCUT2D eigenvalue weighted by atomic mass is 10.1. The number of aryl methyl sites for hydroxylation is 1. The quantitative estimate of drug-likeness (QED) is 0.575. The van der Waals surface area contributed by atoms with E-state index in [1.807, 2.05) is 6.07 Å². The minimum atomic E-state index is -0.421. The van der Waals surface area contributed by atoms with Crippen LogP contribution in [-0.4, -0.2) is 10.2 Å². The Bertz CT molecular complexity index is 372. The van der Waals surface area contributed by atoms with Crippen LogP contribution in [0, 0.1) is 25.2 Å². The van der Waals surface area contributed by atoms with Crippen LogP contribution >= 0.6 is 0 Å². The molecule has 4 heteroatoms. The molecule has 0 aliphatic carbocycles. The van der Waals surface area contributed by atoms with Crippen LogP contribution in [0.25, 0.3) is 0 Å². The van der Waals surface area contributed by atoms with Gasteiger partial charge in [-0.15, -0.1) is 0 Å². The van der Waals surface area contributed by atoms with E-state index in [0.29, 0.717) is 11.3 Å². The lowest BCUT2D eigenvalue weighted by Crippen LogP contribution is -2.15. The van der Waals surface area contributed by atoms with Gasteiger partial charge in [0.25, 0.3) is 5.56 Å². The number of aromatic amines is 1. The number of H-pyrrole nitrogens is 1. The molecule has 1 aromatic rings. The largest absolute Gasteiger partial charge is 0.282 e. The van der Waals surface area contributed by atoms with E-state index in [0.717, 1.165) is 0 Å². The first kappa shape index (κ1) is 7.48. The van der Waals surface area contributed by atoms with Crippen molar-refractivity contribution in [3.8, 4) is 6.07 Å². The Morgan fingerprint density at radius 2 is 2.18 bits per heavy atom. The Labute approximate surface area is 63.5 Å². The topological polar surface area (TPSA) is 69.5 Å². The zero-order chi connectivity index (χ0) is 8.43. The maximum absolute atomic E-state index is 10.9. The van der Waals surface area contributed by atoms with Crippen molar-refractivity contribution in [3.63, 3.8) is 0 Å². The molecular weight excluding hydrogens is 142 g/mol. The van der Waals surface area contributed by atoms with Crippen LogP contribution in [0.4, 0.5) is 0 Å². The zero-order valence-electron chi connectivity index (χ0n) is 6.30. The van der Waals surface area contributed by atoms with Crippen LogP contribution in [-0.2, 0) is 0 Å². The average molecular weight is 149 g/mol. The highest BCUT2D eigenvalue weighted by Crippen LogP contribution is 2.01. The molecule has 0 amide bonds. The first-order chi connectivity index (χ1) is 5.16. The van der Waals surface area contributed by atoms with Crippen molar-refractivity contribution >= 4 is 0 Å². The molecule has 1 heterocycles. The highest BCUT2D eigenvalue weighted by molar-refractivity contribution is 5.35. The summed E-state index contributed by atoms with van der Waals surface area (Å²) in [7, 11) is 0. The van der Waals surface area contributed by atoms with Crippen molar-refractivity contribution < 1.29 is 0 Å². The van der Waals surface area contributed by atoms with E-state index < -0.39 is 5.56 Å². The minimum absolute atomic E-state index is 0.150. The third-order valence-electron chi connectivity index (χ3n) is 1.58. The molecule has 1 N–H and O–H groups in total. The number of nitrogens with zero attached hydrogens (tertiary/aromatic N) is 2. The Balaban J connectivity index is 3.57. The molecule has 0 aromatic carbocycles. The summed E-state index contributed by atoms with van der Waals surface area (Å²) in [6.07, 6.45) is 0. The summed E-state index contributed by atoms with van der Waals surface area (Å²) >= 11 is 0. The first-order valence-corrected chi connectivity index (χ1v) is 3.12. The van der Waals surface area contributed by atoms with Gasteiger partial charge in [-0.3, -0.25) is 4.79 Å². The fourth-order valence-corrected chi connectivity index (χ4v) is 0.760. The smallest absolute Gasteiger partial charge is 0.267 e. The average Bonchev–Trinajstić information content (AvgIpc) is 1.99. The molecule has 0 radical (unpaired) electrons. The summed E-state index contributed by atoms with van der Waals surface area (Å²) in [5.74, 6) is 0. The Hall–Kier alpha value is -1.63. The predicted octanol–water partition coefficient (Wildman–Crippen LogP) is 0.258. The van der Waals surface area contributed by atoms with Crippen molar-refractivity contribution in [3.05, 3.63) is 27.2 Å². The Morgan fingerprint density at radius 3 is 2.64 bits per heavy atom. The molecule has 0 atom stereocenters. The lowest BCUT2D eigenvalue weighted by molar-refractivity contribution is 0.920. The maximum atomic E-state index is 10.9. The first-order valence-electron chi connectivity index (χ1n) is 3.12. The molecule has 56 valence electrons. The van der Waals surface area contributed by atoms with Crippen LogP contribution in [0.5, 0.6) is 0 Å². The standard InChI is InChI=1S/C7H7N3O/c1-4-5(2)9-10-7(11)6(4)3-8/h1-2H3,(H,10,11). The van der Waals surface area contributed by atoms with Gasteiger partial charge in [0.05, 0.1) is 5.69 Å². The van der Waals surface area contributed by atoms with Gasteiger partial charge in [0.1, 0.15) is 11.6 Å². The molecular formula is C7H7N3O. The van der Waals surface area contributed by atoms with Crippen LogP contribution in [0.1, 0.15) is 16.8 Å². The fourth-order valence-electron chi connectivity index (χ4n) is 0.760. The van der Waals surface area contributed by atoms with Gasteiger partial charge >= 0.3 is 0 Å². The summed E-state index contributed by atoms with van der Waals surface area (Å²) in [6, 6.07) is 1.82. The second kappa shape index (κ2) is 2.54. The van der Waals surface area contributed by atoms with E-state index in [-0.39, 0.29) is 5.56 Å². The highest BCUT2D eigenvalue weighted by atomic mass is 16.1. The molecule has 4 nitrogen and oxygen atoms in total. The van der Waals surface area contributed by atoms with E-state index in [2.05, 4.69) is 10.2 Å². The summed E-state index contributed by atoms with van der Waals surface area (Å²) in [4.78, 5) is 10.9. The van der Waals surface area contributed by atoms with E-state index in [9.17, 15) is 4.79 Å². The molecule has 0 aliphatic heterocycles. The molecule has 0 aliphatic rings. The molecule has 0 unspecified atom stereocenters. The van der Waals surface area contributed by atoms with Gasteiger partial charge in [-0.25, -0.2) is 5.10 Å². The van der Waals surface area contributed by atoms with Gasteiger partial charge in [0.15, 0.2) is 0 Å². The third-order valence-corrected chi connectivity index (χ3v) is 1.58. The molecule has 0 spiro atoms. The zero-order valence-corrected chi connectivity index (χ0v) is 6.30. The van der Waals surface area contributed by atoms with E-state index in [1.54, 1.807) is 13.8 Å². The predicted molar refractivity (Wildman–Crippen MR) is 39.0 cm³/mol. The molecule has 1 aromatic heterocycles. The SMILES string of the molecule is Cc1n[nH]c(=O)c(C#N)c1C. The number of nitriles is 1. The fraction of sp³-hybridized carbons (Fsp3) is 0.286. The minimum Gasteiger partial charge on any atom is -0.267 e. The Kier molecular flexibility index (Phi) is 1.73. The van der Waals surface area contributed by atoms with Crippen molar-refractivity contribution in [2.45, 2.75) is 13.8 Å². The second-order valence-electron chi connectivity index (χ2n) is 2.25. The molecule has 0 fully saturated rings. The van der Waals surface area contributed by atoms with Crippen molar-refractivity contribution in [2.75, 3.05) is 0 Å². The van der Waals surface area contributed by atoms with Gasteiger partial charge in [-0.2, -0.15) is 10.4 Å². The van der Waals surface area contributed by atoms with Gasteiger partial charge in [-0.05, 0) is 19.4 Å². The van der Waals surface area contributed by atoms with Crippen molar-refractivity contribution in [1.29, 1.82) is 5.26 Å². The number of hydrogen-bond donors (Lipinski definition) is 1. The van der Waals surface area contributed by atoms with Crippen LogP contribution < -0.4 is 5.56 Å². The number of hydrogen-bond acceptors (Lipinski definition) is 3. The normalized spacial score (nSPS) is 9.18. The van der Waals surface area contributed by atoms with Gasteiger partial charge in [0.2, 0.25) is 0 Å². The van der Waals surface area contributed by atoms with Gasteiger partial charge < -0.3 is 0 Å². The summed E-state index contributed by atoms with van der Waals surface area (Å²) in [5.41, 5.74) is 1.06. The maximum Gasteiger partial charge on any atom is 0.282 e. The number of rotatable bonds is 0. The summed E-state index contributed by atoms with van der Waals surface area (Å²) in [6.45, 7) is 3.45. The van der Waals surface area contributed by atoms with Crippen molar-refractivity contribution in [1.82, 2.24) is 10.2 Å². The van der Waals surface area contributed by atoms with E-state index in [4.69, 9.17) is 5.26 Å².